The standard InChI is InChI=1S/C26H22ClN3O5/c1-35-23-13-15(11-21(26(23)32)30(33)34)25-24-20(28-18-8-4-5-9-19(18)29-25)10-14(12-22(24)31)16-6-2-3-7-17(16)27/h2-9,11,13-14,25,28-29,32H,10,12H2,1H3. The average molecular weight is 492 g/mol. The van der Waals surface area contributed by atoms with Crippen molar-refractivity contribution in [2.75, 3.05) is 17.7 Å². The Bertz CT molecular complexity index is 1390. The molecular formula is C26H22ClN3O5. The zero-order valence-corrected chi connectivity index (χ0v) is 19.5. The van der Waals surface area contributed by atoms with Gasteiger partial charge in [-0.05, 0) is 47.7 Å². The highest BCUT2D eigenvalue weighted by molar-refractivity contribution is 6.31. The molecule has 0 bridgehead atoms. The molecule has 2 aliphatic rings. The summed E-state index contributed by atoms with van der Waals surface area (Å²) in [5, 5.41) is 29.3. The minimum Gasteiger partial charge on any atom is -0.500 e. The maximum Gasteiger partial charge on any atom is 0.315 e. The van der Waals surface area contributed by atoms with E-state index in [0.717, 1.165) is 22.6 Å². The minimum absolute atomic E-state index is 0.0409. The first-order valence-electron chi connectivity index (χ1n) is 11.1. The number of nitro groups is 1. The van der Waals surface area contributed by atoms with Crippen molar-refractivity contribution in [3.05, 3.63) is 98.2 Å². The Kier molecular flexibility index (Phi) is 5.82. The van der Waals surface area contributed by atoms with Crippen LogP contribution in [0, 0.1) is 10.1 Å². The Balaban J connectivity index is 1.67. The van der Waals surface area contributed by atoms with E-state index in [2.05, 4.69) is 10.6 Å². The van der Waals surface area contributed by atoms with Crippen LogP contribution in [-0.4, -0.2) is 22.9 Å². The number of Topliss-reactive ketones (excluding diaryl/α,β-unsaturated/α-hetero) is 1. The van der Waals surface area contributed by atoms with Gasteiger partial charge >= 0.3 is 5.69 Å². The Morgan fingerprint density at radius 3 is 2.51 bits per heavy atom. The molecule has 0 spiro atoms. The molecule has 0 radical (unpaired) electrons. The number of anilines is 2. The number of allylic oxidation sites excluding steroid dienone is 1. The van der Waals surface area contributed by atoms with E-state index < -0.39 is 22.4 Å². The maximum absolute atomic E-state index is 13.7. The molecule has 1 heterocycles. The molecule has 0 fully saturated rings. The number of halogens is 1. The number of hydrogen-bond acceptors (Lipinski definition) is 7. The van der Waals surface area contributed by atoms with Gasteiger partial charge in [-0.2, -0.15) is 0 Å². The highest BCUT2D eigenvalue weighted by Crippen LogP contribution is 2.47. The van der Waals surface area contributed by atoms with Gasteiger partial charge in [-0.3, -0.25) is 14.9 Å². The van der Waals surface area contributed by atoms with E-state index in [9.17, 15) is 20.0 Å². The smallest absolute Gasteiger partial charge is 0.315 e. The van der Waals surface area contributed by atoms with Crippen molar-refractivity contribution in [2.45, 2.75) is 24.8 Å². The topological polar surface area (TPSA) is 114 Å². The number of phenolic OH excluding ortho intramolecular Hbond substituents is 1. The number of aromatic hydroxyl groups is 1. The summed E-state index contributed by atoms with van der Waals surface area (Å²) in [6.07, 6.45) is 0.782. The van der Waals surface area contributed by atoms with Gasteiger partial charge in [-0.1, -0.05) is 41.9 Å². The fourth-order valence-electron chi connectivity index (χ4n) is 4.84. The Labute approximate surface area is 206 Å². The van der Waals surface area contributed by atoms with Crippen LogP contribution in [0.25, 0.3) is 0 Å². The SMILES string of the molecule is COc1cc(C2Nc3ccccc3NC3=C2C(=O)CC(c2ccccc2Cl)C3)cc([N+](=O)[O-])c1O. The van der Waals surface area contributed by atoms with E-state index in [-0.39, 0.29) is 23.9 Å². The molecule has 0 amide bonds. The van der Waals surface area contributed by atoms with Gasteiger partial charge in [-0.25, -0.2) is 0 Å². The number of nitrogens with zero attached hydrogens (tertiary/aromatic N) is 1. The number of rotatable bonds is 4. The van der Waals surface area contributed by atoms with Crippen LogP contribution in [0.3, 0.4) is 0 Å². The molecule has 1 aliphatic carbocycles. The van der Waals surface area contributed by atoms with Crippen molar-refractivity contribution < 1.29 is 19.6 Å². The molecule has 3 aromatic rings. The summed E-state index contributed by atoms with van der Waals surface area (Å²) >= 11 is 6.45. The van der Waals surface area contributed by atoms with E-state index in [1.807, 2.05) is 48.5 Å². The summed E-state index contributed by atoms with van der Waals surface area (Å²) in [6.45, 7) is 0. The fraction of sp³-hybridized carbons (Fsp3) is 0.192. The molecule has 1 aliphatic heterocycles. The Morgan fingerprint density at radius 2 is 1.80 bits per heavy atom. The molecule has 3 aromatic carbocycles. The first-order chi connectivity index (χ1) is 16.9. The second-order valence-electron chi connectivity index (χ2n) is 8.54. The van der Waals surface area contributed by atoms with E-state index in [0.29, 0.717) is 22.6 Å². The van der Waals surface area contributed by atoms with Crippen LogP contribution in [0.15, 0.2) is 71.9 Å². The molecule has 5 rings (SSSR count). The molecule has 9 heteroatoms. The van der Waals surface area contributed by atoms with Crippen molar-refractivity contribution >= 4 is 34.4 Å². The van der Waals surface area contributed by atoms with Gasteiger partial charge in [0, 0.05) is 28.8 Å². The number of carbonyl (C=O) groups excluding carboxylic acids is 1. The number of benzene rings is 3. The number of phenols is 1. The lowest BCUT2D eigenvalue weighted by Crippen LogP contribution is -2.27. The van der Waals surface area contributed by atoms with Crippen LogP contribution >= 0.6 is 11.6 Å². The molecule has 0 saturated heterocycles. The van der Waals surface area contributed by atoms with Gasteiger partial charge in [-0.15, -0.1) is 0 Å². The summed E-state index contributed by atoms with van der Waals surface area (Å²) < 4.78 is 5.21. The van der Waals surface area contributed by atoms with Gasteiger partial charge < -0.3 is 20.5 Å². The van der Waals surface area contributed by atoms with Crippen molar-refractivity contribution in [3.63, 3.8) is 0 Å². The average Bonchev–Trinajstić information content (AvgIpc) is 3.01. The monoisotopic (exact) mass is 491 g/mol. The van der Waals surface area contributed by atoms with Crippen LogP contribution in [-0.2, 0) is 4.79 Å². The highest BCUT2D eigenvalue weighted by atomic mass is 35.5. The molecular weight excluding hydrogens is 470 g/mol. The van der Waals surface area contributed by atoms with Gasteiger partial charge in [0.15, 0.2) is 11.5 Å². The quantitative estimate of drug-likeness (QED) is 0.305. The van der Waals surface area contributed by atoms with Crippen molar-refractivity contribution in [3.8, 4) is 11.5 Å². The molecule has 8 nitrogen and oxygen atoms in total. The molecule has 0 aromatic heterocycles. The van der Waals surface area contributed by atoms with Gasteiger partial charge in [0.05, 0.1) is 29.4 Å². The minimum atomic E-state index is -0.700. The van der Waals surface area contributed by atoms with Crippen molar-refractivity contribution in [1.82, 2.24) is 0 Å². The number of carbonyl (C=O) groups is 1. The number of methoxy groups -OCH3 is 1. The van der Waals surface area contributed by atoms with Crippen LogP contribution in [0.4, 0.5) is 17.1 Å². The number of nitro benzene ring substituents is 1. The number of ether oxygens (including phenoxy) is 1. The zero-order valence-electron chi connectivity index (χ0n) is 18.7. The zero-order chi connectivity index (χ0) is 24.7. The third-order valence-corrected chi connectivity index (χ3v) is 6.83. The van der Waals surface area contributed by atoms with Gasteiger partial charge in [0.2, 0.25) is 5.75 Å². The summed E-state index contributed by atoms with van der Waals surface area (Å²) in [5.74, 6) is -0.807. The first kappa shape index (κ1) is 22.7. The number of ketones is 1. The summed E-state index contributed by atoms with van der Waals surface area (Å²) in [4.78, 5) is 24.6. The van der Waals surface area contributed by atoms with E-state index in [1.165, 1.54) is 19.2 Å². The lowest BCUT2D eigenvalue weighted by atomic mass is 9.78. The second-order valence-corrected chi connectivity index (χ2v) is 8.95. The molecule has 2 atom stereocenters. The van der Waals surface area contributed by atoms with E-state index >= 15 is 0 Å². The first-order valence-corrected chi connectivity index (χ1v) is 11.4. The van der Waals surface area contributed by atoms with Gasteiger partial charge in [0.25, 0.3) is 0 Å². The van der Waals surface area contributed by atoms with E-state index in [1.54, 1.807) is 0 Å². The van der Waals surface area contributed by atoms with Crippen molar-refractivity contribution in [1.29, 1.82) is 0 Å². The number of nitrogens with one attached hydrogen (secondary N) is 2. The normalized spacial score (nSPS) is 19.1. The fourth-order valence-corrected chi connectivity index (χ4v) is 5.13. The lowest BCUT2D eigenvalue weighted by Gasteiger charge is -2.30. The number of hydrogen-bond donors (Lipinski definition) is 3. The Morgan fingerprint density at radius 1 is 1.09 bits per heavy atom. The number of fused-ring (bicyclic) bond motifs is 1. The molecule has 0 saturated carbocycles. The summed E-state index contributed by atoms with van der Waals surface area (Å²) in [5.41, 5.74) is 3.58. The van der Waals surface area contributed by atoms with E-state index in [4.69, 9.17) is 16.3 Å². The van der Waals surface area contributed by atoms with Crippen molar-refractivity contribution in [2.24, 2.45) is 0 Å². The second kappa shape index (κ2) is 8.96. The molecule has 3 N–H and O–H groups in total. The van der Waals surface area contributed by atoms with Crippen LogP contribution in [0.5, 0.6) is 11.5 Å². The predicted octanol–water partition coefficient (Wildman–Crippen LogP) is 5.94. The molecule has 178 valence electrons. The molecule has 2 unspecified atom stereocenters. The Hall–Kier alpha value is -4.04. The van der Waals surface area contributed by atoms with Crippen LogP contribution in [0.1, 0.15) is 35.9 Å². The predicted molar refractivity (Wildman–Crippen MR) is 133 cm³/mol. The van der Waals surface area contributed by atoms with Crippen LogP contribution < -0.4 is 15.4 Å². The third-order valence-electron chi connectivity index (χ3n) is 6.48. The molecule has 35 heavy (non-hydrogen) atoms. The van der Waals surface area contributed by atoms with Gasteiger partial charge in [0.1, 0.15) is 0 Å². The highest BCUT2D eigenvalue weighted by Gasteiger charge is 2.37. The summed E-state index contributed by atoms with van der Waals surface area (Å²) in [7, 11) is 1.32. The maximum atomic E-state index is 13.7. The largest absolute Gasteiger partial charge is 0.500 e. The van der Waals surface area contributed by atoms with Crippen LogP contribution in [0.2, 0.25) is 5.02 Å². The lowest BCUT2D eigenvalue weighted by molar-refractivity contribution is -0.386. The number of para-hydroxylation sites is 2. The summed E-state index contributed by atoms with van der Waals surface area (Å²) in [6, 6.07) is 17.1. The third kappa shape index (κ3) is 4.06.